The molecular formula is C21H28N4O. The lowest BCUT2D eigenvalue weighted by atomic mass is 10.1. The van der Waals surface area contributed by atoms with Crippen LogP contribution in [0, 0.1) is 6.92 Å². The number of hydrogen-bond acceptors (Lipinski definition) is 4. The van der Waals surface area contributed by atoms with Crippen LogP contribution in [0.1, 0.15) is 61.6 Å². The van der Waals surface area contributed by atoms with E-state index in [9.17, 15) is 4.79 Å². The molecule has 26 heavy (non-hydrogen) atoms. The van der Waals surface area contributed by atoms with Gasteiger partial charge in [-0.2, -0.15) is 0 Å². The van der Waals surface area contributed by atoms with Gasteiger partial charge in [-0.05, 0) is 44.9 Å². The zero-order valence-corrected chi connectivity index (χ0v) is 15.7. The minimum Gasteiger partial charge on any atom is -0.348 e. The van der Waals surface area contributed by atoms with Gasteiger partial charge in [0.05, 0.1) is 0 Å². The van der Waals surface area contributed by atoms with Gasteiger partial charge in [0.1, 0.15) is 5.69 Å². The number of nitrogens with zero attached hydrogens (tertiary/aromatic N) is 3. The van der Waals surface area contributed by atoms with Gasteiger partial charge in [-0.1, -0.05) is 43.9 Å². The molecule has 5 heteroatoms. The van der Waals surface area contributed by atoms with Gasteiger partial charge in [0.25, 0.3) is 5.91 Å². The third-order valence-electron chi connectivity index (χ3n) is 4.89. The molecule has 1 aliphatic rings. The fraction of sp³-hybridized carbons (Fsp3) is 0.476. The van der Waals surface area contributed by atoms with Crippen molar-refractivity contribution in [2.75, 3.05) is 11.4 Å². The van der Waals surface area contributed by atoms with E-state index in [1.54, 1.807) is 6.07 Å². The highest BCUT2D eigenvalue weighted by Crippen LogP contribution is 2.22. The maximum absolute atomic E-state index is 12.8. The van der Waals surface area contributed by atoms with E-state index in [-0.39, 0.29) is 11.9 Å². The summed E-state index contributed by atoms with van der Waals surface area (Å²) in [6.45, 7) is 4.70. The Hall–Kier alpha value is -2.43. The van der Waals surface area contributed by atoms with Crippen LogP contribution in [0.3, 0.4) is 0 Å². The molecule has 1 fully saturated rings. The first kappa shape index (κ1) is 18.4. The number of hydrogen-bond donors (Lipinski definition) is 1. The summed E-state index contributed by atoms with van der Waals surface area (Å²) in [4.78, 5) is 23.9. The number of benzene rings is 1. The molecule has 2 aromatic rings. The Morgan fingerprint density at radius 3 is 2.46 bits per heavy atom. The van der Waals surface area contributed by atoms with Gasteiger partial charge in [0.15, 0.2) is 0 Å². The highest BCUT2D eigenvalue weighted by molar-refractivity contribution is 5.93. The summed E-state index contributed by atoms with van der Waals surface area (Å²) in [5.41, 5.74) is 2.28. The fourth-order valence-corrected chi connectivity index (χ4v) is 3.52. The molecule has 5 nitrogen and oxygen atoms in total. The quantitative estimate of drug-likeness (QED) is 0.811. The number of nitrogens with one attached hydrogen (secondary N) is 1. The topological polar surface area (TPSA) is 58.1 Å². The minimum atomic E-state index is -0.0900. The molecular weight excluding hydrogens is 324 g/mol. The first-order valence-electron chi connectivity index (χ1n) is 9.66. The van der Waals surface area contributed by atoms with Crippen LogP contribution in [0.2, 0.25) is 0 Å². The van der Waals surface area contributed by atoms with Gasteiger partial charge in [0.2, 0.25) is 5.95 Å². The second-order valence-corrected chi connectivity index (χ2v) is 6.94. The second-order valence-electron chi connectivity index (χ2n) is 6.94. The number of aromatic nitrogens is 2. The van der Waals surface area contributed by atoms with Crippen LogP contribution in [0.15, 0.2) is 36.4 Å². The third kappa shape index (κ3) is 4.59. The molecule has 1 aromatic carbocycles. The summed E-state index contributed by atoms with van der Waals surface area (Å²) in [5.74, 6) is 0.484. The average molecular weight is 352 g/mol. The number of carbonyl (C=O) groups excluding carboxylic acids is 1. The van der Waals surface area contributed by atoms with E-state index in [2.05, 4.69) is 22.2 Å². The lowest BCUT2D eigenvalue weighted by Crippen LogP contribution is -2.35. The van der Waals surface area contributed by atoms with Crippen LogP contribution in [-0.4, -0.2) is 28.5 Å². The van der Waals surface area contributed by atoms with Crippen molar-refractivity contribution in [2.24, 2.45) is 0 Å². The van der Waals surface area contributed by atoms with E-state index in [1.165, 1.54) is 25.7 Å². The van der Waals surface area contributed by atoms with Crippen molar-refractivity contribution in [3.8, 4) is 0 Å². The summed E-state index contributed by atoms with van der Waals surface area (Å²) in [7, 11) is 0. The molecule has 1 heterocycles. The Labute approximate surface area is 155 Å². The normalized spacial score (nSPS) is 15.3. The molecule has 0 unspecified atom stereocenters. The largest absolute Gasteiger partial charge is 0.348 e. The number of rotatable bonds is 5. The zero-order valence-electron chi connectivity index (χ0n) is 15.7. The van der Waals surface area contributed by atoms with Crippen molar-refractivity contribution in [3.63, 3.8) is 0 Å². The van der Waals surface area contributed by atoms with Crippen molar-refractivity contribution >= 4 is 17.5 Å². The smallest absolute Gasteiger partial charge is 0.270 e. The van der Waals surface area contributed by atoms with E-state index in [1.807, 2.05) is 42.2 Å². The van der Waals surface area contributed by atoms with Gasteiger partial charge in [-0.15, -0.1) is 0 Å². The van der Waals surface area contributed by atoms with Crippen molar-refractivity contribution in [2.45, 2.75) is 58.4 Å². The SMILES string of the molecule is CCN(c1ccccc1)c1nc(C)cc(C(=O)NC2CCCCCC2)n1. The van der Waals surface area contributed by atoms with Crippen molar-refractivity contribution in [3.05, 3.63) is 47.8 Å². The minimum absolute atomic E-state index is 0.0900. The number of aryl methyl sites for hydroxylation is 1. The predicted molar refractivity (Wildman–Crippen MR) is 105 cm³/mol. The molecule has 0 spiro atoms. The highest BCUT2D eigenvalue weighted by Gasteiger charge is 2.19. The van der Waals surface area contributed by atoms with Crippen molar-refractivity contribution in [1.29, 1.82) is 0 Å². The highest BCUT2D eigenvalue weighted by atomic mass is 16.1. The summed E-state index contributed by atoms with van der Waals surface area (Å²) < 4.78 is 0. The van der Waals surface area contributed by atoms with E-state index in [4.69, 9.17) is 0 Å². The van der Waals surface area contributed by atoms with Crippen molar-refractivity contribution < 1.29 is 4.79 Å². The van der Waals surface area contributed by atoms with Crippen LogP contribution >= 0.6 is 0 Å². The number of amides is 1. The van der Waals surface area contributed by atoms with Gasteiger partial charge >= 0.3 is 0 Å². The molecule has 0 bridgehead atoms. The third-order valence-corrected chi connectivity index (χ3v) is 4.89. The lowest BCUT2D eigenvalue weighted by molar-refractivity contribution is 0.0928. The zero-order chi connectivity index (χ0) is 18.4. The maximum Gasteiger partial charge on any atom is 0.270 e. The second kappa shape index (κ2) is 8.79. The Kier molecular flexibility index (Phi) is 6.21. The van der Waals surface area contributed by atoms with Gasteiger partial charge in [0, 0.05) is 24.0 Å². The number of carbonyl (C=O) groups is 1. The molecule has 0 atom stereocenters. The van der Waals surface area contributed by atoms with E-state index in [0.717, 1.165) is 30.8 Å². The Morgan fingerprint density at radius 1 is 1.12 bits per heavy atom. The molecule has 1 amide bonds. The molecule has 1 saturated carbocycles. The van der Waals surface area contributed by atoms with Crippen molar-refractivity contribution in [1.82, 2.24) is 15.3 Å². The molecule has 1 aromatic heterocycles. The molecule has 0 radical (unpaired) electrons. The number of para-hydroxylation sites is 1. The fourth-order valence-electron chi connectivity index (χ4n) is 3.52. The summed E-state index contributed by atoms with van der Waals surface area (Å²) in [6.07, 6.45) is 7.05. The van der Waals surface area contributed by atoms with Gasteiger partial charge in [-0.3, -0.25) is 4.79 Å². The van der Waals surface area contributed by atoms with Crippen LogP contribution < -0.4 is 10.2 Å². The van der Waals surface area contributed by atoms with Crippen LogP contribution in [0.5, 0.6) is 0 Å². The van der Waals surface area contributed by atoms with Crippen LogP contribution in [-0.2, 0) is 0 Å². The molecule has 3 rings (SSSR count). The molecule has 138 valence electrons. The van der Waals surface area contributed by atoms with Gasteiger partial charge in [-0.25, -0.2) is 9.97 Å². The Bertz CT molecular complexity index is 724. The summed E-state index contributed by atoms with van der Waals surface area (Å²) in [6, 6.07) is 12.1. The van der Waals surface area contributed by atoms with Crippen LogP contribution in [0.4, 0.5) is 11.6 Å². The first-order valence-corrected chi connectivity index (χ1v) is 9.66. The van der Waals surface area contributed by atoms with E-state index >= 15 is 0 Å². The van der Waals surface area contributed by atoms with E-state index < -0.39 is 0 Å². The molecule has 1 aliphatic carbocycles. The Morgan fingerprint density at radius 2 is 1.81 bits per heavy atom. The lowest BCUT2D eigenvalue weighted by Gasteiger charge is -2.22. The monoisotopic (exact) mass is 352 g/mol. The maximum atomic E-state index is 12.8. The van der Waals surface area contributed by atoms with Gasteiger partial charge < -0.3 is 10.2 Å². The molecule has 1 N–H and O–H groups in total. The average Bonchev–Trinajstić information content (AvgIpc) is 2.91. The molecule has 0 aliphatic heterocycles. The van der Waals surface area contributed by atoms with E-state index in [0.29, 0.717) is 11.6 Å². The first-order chi connectivity index (χ1) is 12.7. The molecule has 0 saturated heterocycles. The predicted octanol–water partition coefficient (Wildman–Crippen LogP) is 4.40. The summed E-state index contributed by atoms with van der Waals surface area (Å²) in [5, 5.41) is 3.18. The Balaban J connectivity index is 1.81. The summed E-state index contributed by atoms with van der Waals surface area (Å²) >= 11 is 0. The number of anilines is 2. The standard InChI is InChI=1S/C21H28N4O/c1-3-25(18-13-9-6-10-14-18)21-22-16(2)15-19(24-21)20(26)23-17-11-7-4-5-8-12-17/h6,9-10,13-15,17H,3-5,7-8,11-12H2,1-2H3,(H,23,26). The van der Waals surface area contributed by atoms with Crippen LogP contribution in [0.25, 0.3) is 0 Å².